The number of benzene rings is 1. The highest BCUT2D eigenvalue weighted by Gasteiger charge is 2.29. The van der Waals surface area contributed by atoms with Crippen LogP contribution in [0.1, 0.15) is 20.8 Å². The zero-order valence-corrected chi connectivity index (χ0v) is 12.9. The lowest BCUT2D eigenvalue weighted by molar-refractivity contribution is -0.135. The van der Waals surface area contributed by atoms with E-state index in [2.05, 4.69) is 0 Å². The van der Waals surface area contributed by atoms with Gasteiger partial charge in [-0.25, -0.2) is 8.42 Å². The first-order chi connectivity index (χ1) is 9.13. The molecule has 0 fully saturated rings. The van der Waals surface area contributed by atoms with E-state index in [1.807, 2.05) is 6.07 Å². The number of carbonyl (C=O) groups is 1. The van der Waals surface area contributed by atoms with Crippen molar-refractivity contribution in [2.75, 3.05) is 23.7 Å². The summed E-state index contributed by atoms with van der Waals surface area (Å²) >= 11 is 0. The van der Waals surface area contributed by atoms with Gasteiger partial charge in [0.15, 0.2) is 9.84 Å². The first kappa shape index (κ1) is 16.5. The Bertz CT molecular complexity index is 546. The smallest absolute Gasteiger partial charge is 0.323 e. The molecule has 1 rings (SSSR count). The maximum absolute atomic E-state index is 12.1. The van der Waals surface area contributed by atoms with E-state index in [1.165, 1.54) is 0 Å². The van der Waals surface area contributed by atoms with Crippen LogP contribution in [0.5, 0.6) is 0 Å². The first-order valence-electron chi connectivity index (χ1n) is 6.37. The van der Waals surface area contributed by atoms with Crippen molar-refractivity contribution in [3.8, 4) is 0 Å². The van der Waals surface area contributed by atoms with Gasteiger partial charge in [0.25, 0.3) is 0 Å². The van der Waals surface area contributed by atoms with Crippen molar-refractivity contribution in [2.24, 2.45) is 0 Å². The topological polar surface area (TPSA) is 74.7 Å². The molecule has 1 N–H and O–H groups in total. The highest BCUT2D eigenvalue weighted by Crippen LogP contribution is 2.18. The van der Waals surface area contributed by atoms with E-state index in [1.54, 1.807) is 49.9 Å². The van der Waals surface area contributed by atoms with Crippen LogP contribution in [0.3, 0.4) is 0 Å². The third kappa shape index (κ3) is 4.52. The average Bonchev–Trinajstić information content (AvgIpc) is 2.33. The molecule has 0 aliphatic rings. The summed E-state index contributed by atoms with van der Waals surface area (Å²) < 4.78 is 23.4. The minimum Gasteiger partial charge on any atom is -0.480 e. The summed E-state index contributed by atoms with van der Waals surface area (Å²) in [6, 6.07) is 8.96. The van der Waals surface area contributed by atoms with Crippen LogP contribution in [0.25, 0.3) is 0 Å². The molecule has 0 saturated heterocycles. The fourth-order valence-electron chi connectivity index (χ4n) is 1.64. The molecular weight excluding hydrogens is 278 g/mol. The van der Waals surface area contributed by atoms with E-state index < -0.39 is 20.6 Å². The molecule has 6 heteroatoms. The molecule has 0 radical (unpaired) electrons. The number of hydrogen-bond donors (Lipinski definition) is 1. The minimum atomic E-state index is -3.27. The fourth-order valence-corrected chi connectivity index (χ4v) is 2.71. The number of hydrogen-bond acceptors (Lipinski definition) is 4. The monoisotopic (exact) mass is 299 g/mol. The maximum Gasteiger partial charge on any atom is 0.323 e. The van der Waals surface area contributed by atoms with Crippen molar-refractivity contribution in [3.63, 3.8) is 0 Å². The second kappa shape index (κ2) is 6.26. The van der Waals surface area contributed by atoms with Gasteiger partial charge in [0.05, 0.1) is 10.5 Å². The molecule has 5 nitrogen and oxygen atoms in total. The van der Waals surface area contributed by atoms with Crippen LogP contribution in [-0.4, -0.2) is 43.1 Å². The molecule has 0 atom stereocenters. The molecule has 0 spiro atoms. The van der Waals surface area contributed by atoms with E-state index in [0.717, 1.165) is 0 Å². The van der Waals surface area contributed by atoms with Crippen molar-refractivity contribution >= 4 is 21.5 Å². The molecule has 0 saturated carbocycles. The Hall–Kier alpha value is -1.56. The predicted molar refractivity (Wildman–Crippen MR) is 79.8 cm³/mol. The van der Waals surface area contributed by atoms with Gasteiger partial charge in [-0.3, -0.25) is 4.79 Å². The zero-order chi connectivity index (χ0) is 15.4. The average molecular weight is 299 g/mol. The van der Waals surface area contributed by atoms with Crippen LogP contribution in [0, 0.1) is 0 Å². The predicted octanol–water partition coefficient (Wildman–Crippen LogP) is 1.79. The SMILES string of the molecule is CC(C)(C)S(=O)(=O)CCN(CC(=O)O)c1ccccc1. The van der Waals surface area contributed by atoms with E-state index in [4.69, 9.17) is 5.11 Å². The summed E-state index contributed by atoms with van der Waals surface area (Å²) in [6.07, 6.45) is 0. The number of aliphatic carboxylic acids is 1. The number of nitrogens with zero attached hydrogens (tertiary/aromatic N) is 1. The number of carboxylic acids is 1. The Morgan fingerprint density at radius 2 is 1.75 bits per heavy atom. The standard InChI is InChI=1S/C14H21NO4S/c1-14(2,3)20(18,19)10-9-15(11-13(16)17)12-7-5-4-6-8-12/h4-8H,9-11H2,1-3H3,(H,16,17). The molecule has 0 aliphatic carbocycles. The lowest BCUT2D eigenvalue weighted by atomic mass is 10.3. The molecule has 0 amide bonds. The molecule has 20 heavy (non-hydrogen) atoms. The van der Waals surface area contributed by atoms with Crippen LogP contribution in [0.15, 0.2) is 30.3 Å². The Kier molecular flexibility index (Phi) is 5.16. The molecule has 1 aromatic carbocycles. The molecule has 0 bridgehead atoms. The van der Waals surface area contributed by atoms with E-state index >= 15 is 0 Å². The van der Waals surface area contributed by atoms with Crippen molar-refractivity contribution in [1.82, 2.24) is 0 Å². The molecule has 0 heterocycles. The Morgan fingerprint density at radius 3 is 2.20 bits per heavy atom. The summed E-state index contributed by atoms with van der Waals surface area (Å²) in [5, 5.41) is 8.94. The second-order valence-electron chi connectivity index (χ2n) is 5.58. The Balaban J connectivity index is 2.85. The fraction of sp³-hybridized carbons (Fsp3) is 0.500. The van der Waals surface area contributed by atoms with E-state index in [-0.39, 0.29) is 18.8 Å². The van der Waals surface area contributed by atoms with E-state index in [9.17, 15) is 13.2 Å². The highest BCUT2D eigenvalue weighted by atomic mass is 32.2. The lowest BCUT2D eigenvalue weighted by Gasteiger charge is -2.25. The van der Waals surface area contributed by atoms with Crippen LogP contribution < -0.4 is 4.90 Å². The van der Waals surface area contributed by atoms with Gasteiger partial charge < -0.3 is 10.0 Å². The molecule has 0 aromatic heterocycles. The number of anilines is 1. The van der Waals surface area contributed by atoms with Gasteiger partial charge in [-0.2, -0.15) is 0 Å². The molecular formula is C14H21NO4S. The third-order valence-electron chi connectivity index (χ3n) is 3.01. The van der Waals surface area contributed by atoms with Gasteiger partial charge in [0.2, 0.25) is 0 Å². The van der Waals surface area contributed by atoms with Crippen molar-refractivity contribution in [3.05, 3.63) is 30.3 Å². The summed E-state index contributed by atoms with van der Waals surface area (Å²) in [5.74, 6) is -1.06. The van der Waals surface area contributed by atoms with Crippen LogP contribution in [0.4, 0.5) is 5.69 Å². The lowest BCUT2D eigenvalue weighted by Crippen LogP contribution is -2.38. The largest absolute Gasteiger partial charge is 0.480 e. The minimum absolute atomic E-state index is 0.0708. The summed E-state index contributed by atoms with van der Waals surface area (Å²) in [7, 11) is -3.27. The highest BCUT2D eigenvalue weighted by molar-refractivity contribution is 7.92. The summed E-state index contributed by atoms with van der Waals surface area (Å²) in [6.45, 7) is 4.88. The van der Waals surface area contributed by atoms with Crippen molar-refractivity contribution < 1.29 is 18.3 Å². The maximum atomic E-state index is 12.1. The Morgan fingerprint density at radius 1 is 1.20 bits per heavy atom. The van der Waals surface area contributed by atoms with E-state index in [0.29, 0.717) is 5.69 Å². The van der Waals surface area contributed by atoms with Crippen LogP contribution in [0.2, 0.25) is 0 Å². The van der Waals surface area contributed by atoms with Gasteiger partial charge in [-0.1, -0.05) is 18.2 Å². The van der Waals surface area contributed by atoms with Gasteiger partial charge >= 0.3 is 5.97 Å². The van der Waals surface area contributed by atoms with Gasteiger partial charge in [0, 0.05) is 12.2 Å². The summed E-state index contributed by atoms with van der Waals surface area (Å²) in [5.41, 5.74) is 0.707. The summed E-state index contributed by atoms with van der Waals surface area (Å²) in [4.78, 5) is 12.5. The van der Waals surface area contributed by atoms with Gasteiger partial charge in [0.1, 0.15) is 6.54 Å². The van der Waals surface area contributed by atoms with Gasteiger partial charge in [-0.05, 0) is 32.9 Å². The normalized spacial score (nSPS) is 12.2. The van der Waals surface area contributed by atoms with Crippen molar-refractivity contribution in [2.45, 2.75) is 25.5 Å². The van der Waals surface area contributed by atoms with Crippen LogP contribution in [-0.2, 0) is 14.6 Å². The third-order valence-corrected chi connectivity index (χ3v) is 5.60. The molecule has 1 aromatic rings. The number of para-hydroxylation sites is 1. The molecule has 112 valence electrons. The number of sulfone groups is 1. The van der Waals surface area contributed by atoms with Crippen LogP contribution >= 0.6 is 0 Å². The molecule has 0 unspecified atom stereocenters. The first-order valence-corrected chi connectivity index (χ1v) is 8.03. The van der Waals surface area contributed by atoms with Gasteiger partial charge in [-0.15, -0.1) is 0 Å². The second-order valence-corrected chi connectivity index (χ2v) is 8.44. The number of carboxylic acid groups (broad SMARTS) is 1. The Labute approximate surface area is 120 Å². The zero-order valence-electron chi connectivity index (χ0n) is 12.0. The van der Waals surface area contributed by atoms with Crippen molar-refractivity contribution in [1.29, 1.82) is 0 Å². The quantitative estimate of drug-likeness (QED) is 0.867. The molecule has 0 aliphatic heterocycles. The number of rotatable bonds is 6.